The SMILES string of the molecule is C[Si](C)(CCCNC(=O)OCC1c2ccccc2-c2ccccc21)O[Si](C)(C)CCCC(N)=O. The summed E-state index contributed by atoms with van der Waals surface area (Å²) in [5.41, 5.74) is 10.1. The van der Waals surface area contributed by atoms with Crippen molar-refractivity contribution >= 4 is 28.6 Å². The molecule has 3 N–H and O–H groups in total. The van der Waals surface area contributed by atoms with E-state index in [9.17, 15) is 9.59 Å². The highest BCUT2D eigenvalue weighted by Crippen LogP contribution is 2.44. The number of primary amides is 1. The van der Waals surface area contributed by atoms with Crippen molar-refractivity contribution in [1.29, 1.82) is 0 Å². The minimum Gasteiger partial charge on any atom is -0.455 e. The lowest BCUT2D eigenvalue weighted by Gasteiger charge is -2.34. The molecule has 0 aliphatic heterocycles. The van der Waals surface area contributed by atoms with Gasteiger partial charge in [0.15, 0.2) is 16.6 Å². The van der Waals surface area contributed by atoms with Crippen LogP contribution in [-0.4, -0.2) is 41.8 Å². The van der Waals surface area contributed by atoms with Crippen LogP contribution in [0.4, 0.5) is 4.79 Å². The van der Waals surface area contributed by atoms with Crippen LogP contribution in [0.5, 0.6) is 0 Å². The molecule has 0 saturated carbocycles. The van der Waals surface area contributed by atoms with E-state index in [0.717, 1.165) is 24.9 Å². The maximum Gasteiger partial charge on any atom is 0.407 e. The number of fused-ring (bicyclic) bond motifs is 3. The van der Waals surface area contributed by atoms with Gasteiger partial charge >= 0.3 is 6.09 Å². The van der Waals surface area contributed by atoms with Crippen LogP contribution >= 0.6 is 0 Å². The summed E-state index contributed by atoms with van der Waals surface area (Å²) >= 11 is 0. The smallest absolute Gasteiger partial charge is 0.407 e. The van der Waals surface area contributed by atoms with E-state index in [1.165, 1.54) is 22.3 Å². The zero-order chi connectivity index (χ0) is 24.8. The molecule has 1 aliphatic carbocycles. The topological polar surface area (TPSA) is 90.7 Å². The maximum absolute atomic E-state index is 12.4. The Hall–Kier alpha value is -2.43. The van der Waals surface area contributed by atoms with Crippen molar-refractivity contribution in [2.75, 3.05) is 13.2 Å². The van der Waals surface area contributed by atoms with Crippen molar-refractivity contribution in [2.24, 2.45) is 5.73 Å². The minimum atomic E-state index is -1.85. The normalized spacial score (nSPS) is 13.3. The molecule has 0 fully saturated rings. The molecule has 34 heavy (non-hydrogen) atoms. The van der Waals surface area contributed by atoms with Crippen LogP contribution in [0.3, 0.4) is 0 Å². The van der Waals surface area contributed by atoms with Gasteiger partial charge in [0.1, 0.15) is 6.61 Å². The van der Waals surface area contributed by atoms with Gasteiger partial charge in [-0.1, -0.05) is 48.5 Å². The standard InChI is InChI=1S/C26H38N2O4Si2/c1-33(2,17-9-15-25(27)29)32-34(3,4)18-10-16-28-26(30)31-19-24-22-13-7-5-11-20(22)21-12-6-8-14-23(21)24/h5-8,11-14,24H,9-10,15-19H2,1-4H3,(H2,27,29)(H,28,30). The highest BCUT2D eigenvalue weighted by atomic mass is 28.4. The average molecular weight is 499 g/mol. The Kier molecular flexibility index (Phi) is 8.73. The predicted octanol–water partition coefficient (Wildman–Crippen LogP) is 5.61. The molecule has 0 saturated heterocycles. The van der Waals surface area contributed by atoms with Gasteiger partial charge in [-0.2, -0.15) is 0 Å². The molecule has 0 bridgehead atoms. The molecule has 0 atom stereocenters. The van der Waals surface area contributed by atoms with Gasteiger partial charge in [0.2, 0.25) is 5.91 Å². The van der Waals surface area contributed by atoms with Crippen LogP contribution in [0.2, 0.25) is 38.3 Å². The first-order valence-corrected chi connectivity index (χ1v) is 18.4. The summed E-state index contributed by atoms with van der Waals surface area (Å²) in [6.45, 7) is 9.76. The molecular formula is C26H38N2O4Si2. The van der Waals surface area contributed by atoms with E-state index in [1.54, 1.807) is 0 Å². The second-order valence-electron chi connectivity index (χ2n) is 10.3. The first-order chi connectivity index (χ1) is 16.1. The number of ether oxygens (including phenoxy) is 1. The van der Waals surface area contributed by atoms with E-state index < -0.39 is 16.6 Å². The van der Waals surface area contributed by atoms with Crippen LogP contribution in [0.1, 0.15) is 36.3 Å². The molecule has 0 radical (unpaired) electrons. The number of rotatable bonds is 12. The molecule has 184 valence electrons. The average Bonchev–Trinajstić information content (AvgIpc) is 3.08. The Bertz CT molecular complexity index is 964. The van der Waals surface area contributed by atoms with Gasteiger partial charge < -0.3 is 19.9 Å². The molecule has 0 unspecified atom stereocenters. The molecule has 2 amide bonds. The van der Waals surface area contributed by atoms with Crippen LogP contribution in [-0.2, 0) is 13.6 Å². The van der Waals surface area contributed by atoms with Crippen LogP contribution in [0.15, 0.2) is 48.5 Å². The largest absolute Gasteiger partial charge is 0.455 e. The molecule has 2 aromatic rings. The van der Waals surface area contributed by atoms with Gasteiger partial charge in [-0.05, 0) is 73.4 Å². The summed E-state index contributed by atoms with van der Waals surface area (Å²) in [6.07, 6.45) is 1.70. The lowest BCUT2D eigenvalue weighted by atomic mass is 9.98. The van der Waals surface area contributed by atoms with Gasteiger partial charge in [0.25, 0.3) is 0 Å². The Morgan fingerprint density at radius 3 is 1.97 bits per heavy atom. The first kappa shape index (κ1) is 26.2. The van der Waals surface area contributed by atoms with Crippen molar-refractivity contribution in [3.05, 3.63) is 59.7 Å². The number of benzene rings is 2. The van der Waals surface area contributed by atoms with E-state index in [0.29, 0.717) is 19.6 Å². The Labute approximate surface area is 205 Å². The minimum absolute atomic E-state index is 0.0691. The zero-order valence-electron chi connectivity index (χ0n) is 20.9. The summed E-state index contributed by atoms with van der Waals surface area (Å²) < 4.78 is 12.2. The van der Waals surface area contributed by atoms with Crippen molar-refractivity contribution in [1.82, 2.24) is 5.32 Å². The third kappa shape index (κ3) is 7.28. The lowest BCUT2D eigenvalue weighted by Crippen LogP contribution is -2.44. The Morgan fingerprint density at radius 2 is 1.41 bits per heavy atom. The van der Waals surface area contributed by atoms with E-state index in [2.05, 4.69) is 55.8 Å². The van der Waals surface area contributed by atoms with Gasteiger partial charge in [-0.3, -0.25) is 4.79 Å². The molecule has 2 aromatic carbocycles. The molecule has 8 heteroatoms. The predicted molar refractivity (Wildman–Crippen MR) is 142 cm³/mol. The lowest BCUT2D eigenvalue weighted by molar-refractivity contribution is -0.118. The summed E-state index contributed by atoms with van der Waals surface area (Å²) in [4.78, 5) is 23.4. The molecule has 0 heterocycles. The maximum atomic E-state index is 12.4. The van der Waals surface area contributed by atoms with Gasteiger partial charge in [-0.15, -0.1) is 0 Å². The molecule has 1 aliphatic rings. The van der Waals surface area contributed by atoms with E-state index in [4.69, 9.17) is 14.6 Å². The number of hydrogen-bond acceptors (Lipinski definition) is 4. The van der Waals surface area contributed by atoms with E-state index in [-0.39, 0.29) is 17.9 Å². The zero-order valence-corrected chi connectivity index (χ0v) is 22.9. The summed E-state index contributed by atoms with van der Waals surface area (Å²) in [5, 5.41) is 2.90. The van der Waals surface area contributed by atoms with Crippen molar-refractivity contribution in [3.8, 4) is 11.1 Å². The Morgan fingerprint density at radius 1 is 0.882 bits per heavy atom. The molecule has 0 aromatic heterocycles. The number of carbonyl (C=O) groups excluding carboxylic acids is 2. The molecule has 0 spiro atoms. The van der Waals surface area contributed by atoms with Gasteiger partial charge in [0, 0.05) is 18.9 Å². The number of alkyl carbamates (subject to hydrolysis) is 1. The summed E-state index contributed by atoms with van der Waals surface area (Å²) in [7, 11) is -3.69. The second-order valence-corrected chi connectivity index (χ2v) is 19.2. The quantitative estimate of drug-likeness (QED) is 0.294. The number of nitrogens with one attached hydrogen (secondary N) is 1. The van der Waals surface area contributed by atoms with Crippen molar-refractivity contribution in [2.45, 2.75) is 63.5 Å². The molecule has 6 nitrogen and oxygen atoms in total. The van der Waals surface area contributed by atoms with Gasteiger partial charge in [-0.25, -0.2) is 4.79 Å². The number of carbonyl (C=O) groups is 2. The summed E-state index contributed by atoms with van der Waals surface area (Å²) in [6, 6.07) is 18.6. The fourth-order valence-electron chi connectivity index (χ4n) is 4.89. The monoisotopic (exact) mass is 498 g/mol. The third-order valence-electron chi connectivity index (χ3n) is 6.32. The van der Waals surface area contributed by atoms with Crippen molar-refractivity contribution in [3.63, 3.8) is 0 Å². The van der Waals surface area contributed by atoms with Crippen LogP contribution in [0.25, 0.3) is 11.1 Å². The van der Waals surface area contributed by atoms with Gasteiger partial charge in [0.05, 0.1) is 0 Å². The highest BCUT2D eigenvalue weighted by molar-refractivity contribution is 6.84. The van der Waals surface area contributed by atoms with Crippen LogP contribution < -0.4 is 11.1 Å². The Balaban J connectivity index is 1.41. The number of nitrogens with two attached hydrogens (primary N) is 1. The molecule has 3 rings (SSSR count). The number of amides is 2. The van der Waals surface area contributed by atoms with Crippen LogP contribution in [0, 0.1) is 0 Å². The second kappa shape index (κ2) is 11.3. The highest BCUT2D eigenvalue weighted by Gasteiger charge is 2.32. The van der Waals surface area contributed by atoms with E-state index >= 15 is 0 Å². The van der Waals surface area contributed by atoms with Crippen molar-refractivity contribution < 1.29 is 18.4 Å². The van der Waals surface area contributed by atoms with E-state index in [1.807, 2.05) is 24.3 Å². The fourth-order valence-corrected chi connectivity index (χ4v) is 13.7. The first-order valence-electron chi connectivity index (χ1n) is 12.2. The summed E-state index contributed by atoms with van der Waals surface area (Å²) in [5.74, 6) is -0.180. The molecular weight excluding hydrogens is 460 g/mol. The number of hydrogen-bond donors (Lipinski definition) is 2. The fraction of sp³-hybridized carbons (Fsp3) is 0.462. The third-order valence-corrected chi connectivity index (χ3v) is 13.9.